The molecule has 0 radical (unpaired) electrons. The minimum Gasteiger partial charge on any atom is -0.338 e. The molecule has 2 atom stereocenters. The predicted octanol–water partition coefficient (Wildman–Crippen LogP) is 1.95. The summed E-state index contributed by atoms with van der Waals surface area (Å²) < 4.78 is 54.5. The quantitative estimate of drug-likeness (QED) is 0.722. The molecule has 2 aliphatic rings. The van der Waals surface area contributed by atoms with Crippen LogP contribution in [0, 0.1) is 0 Å². The molecule has 4 heterocycles. The van der Waals surface area contributed by atoms with Gasteiger partial charge in [0, 0.05) is 19.2 Å². The molecule has 0 spiro atoms. The molecule has 4 rings (SSSR count). The molecule has 11 heteroatoms. The summed E-state index contributed by atoms with van der Waals surface area (Å²) in [5.41, 5.74) is -1.37. The van der Waals surface area contributed by atoms with Gasteiger partial charge in [-0.1, -0.05) is 0 Å². The van der Waals surface area contributed by atoms with Crippen molar-refractivity contribution in [3.05, 3.63) is 45.9 Å². The van der Waals surface area contributed by atoms with Crippen molar-refractivity contribution in [2.75, 3.05) is 13.1 Å². The molecule has 1 amide bonds. The van der Waals surface area contributed by atoms with E-state index < -0.39 is 29.8 Å². The number of likely N-dealkylation sites (tertiary alicyclic amines) is 1. The van der Waals surface area contributed by atoms with Gasteiger partial charge in [0.15, 0.2) is 0 Å². The number of nitrogens with zero attached hydrogens (tertiary/aromatic N) is 5. The van der Waals surface area contributed by atoms with E-state index >= 15 is 0 Å². The molecule has 7 nitrogen and oxygen atoms in total. The van der Waals surface area contributed by atoms with Crippen molar-refractivity contribution in [1.82, 2.24) is 24.2 Å². The van der Waals surface area contributed by atoms with E-state index in [1.54, 1.807) is 0 Å². The average Bonchev–Trinajstić information content (AvgIpc) is 3.24. The highest BCUT2D eigenvalue weighted by atomic mass is 19.4. The minimum atomic E-state index is -4.59. The van der Waals surface area contributed by atoms with E-state index in [0.29, 0.717) is 31.6 Å². The predicted molar refractivity (Wildman–Crippen MR) is 92.9 cm³/mol. The van der Waals surface area contributed by atoms with Gasteiger partial charge in [0.05, 0.1) is 13.1 Å². The molecule has 29 heavy (non-hydrogen) atoms. The Morgan fingerprint density at radius 3 is 2.76 bits per heavy atom. The average molecular weight is 413 g/mol. The number of fused-ring (bicyclic) bond motifs is 1. The summed E-state index contributed by atoms with van der Waals surface area (Å²) in [5, 5.41) is 4.23. The van der Waals surface area contributed by atoms with Gasteiger partial charge in [-0.2, -0.15) is 18.3 Å². The number of pyridine rings is 1. The third-order valence-electron chi connectivity index (χ3n) is 5.31. The number of carbonyl (C=O) groups is 1. The lowest BCUT2D eigenvalue weighted by Gasteiger charge is -2.26. The Bertz CT molecular complexity index is 983. The monoisotopic (exact) mass is 413 g/mol. The zero-order valence-corrected chi connectivity index (χ0v) is 15.4. The van der Waals surface area contributed by atoms with Crippen LogP contribution in [0.4, 0.5) is 17.6 Å². The Balaban J connectivity index is 1.62. The molecule has 0 bridgehead atoms. The smallest absolute Gasteiger partial charge is 0.338 e. The van der Waals surface area contributed by atoms with Crippen molar-refractivity contribution in [1.29, 1.82) is 0 Å². The number of amides is 1. The molecule has 2 aromatic rings. The molecule has 0 saturated carbocycles. The van der Waals surface area contributed by atoms with Crippen molar-refractivity contribution >= 4 is 5.91 Å². The zero-order chi connectivity index (χ0) is 20.8. The van der Waals surface area contributed by atoms with Crippen LogP contribution in [0.5, 0.6) is 0 Å². The third kappa shape index (κ3) is 3.77. The van der Waals surface area contributed by atoms with Gasteiger partial charge in [0.1, 0.15) is 23.7 Å². The molecule has 1 saturated heterocycles. The summed E-state index contributed by atoms with van der Waals surface area (Å²) in [6.07, 6.45) is -2.75. The fourth-order valence-electron chi connectivity index (χ4n) is 3.90. The van der Waals surface area contributed by atoms with E-state index in [1.807, 2.05) is 0 Å². The number of alkyl halides is 4. The number of aromatic nitrogens is 4. The van der Waals surface area contributed by atoms with E-state index in [4.69, 9.17) is 0 Å². The van der Waals surface area contributed by atoms with Crippen molar-refractivity contribution in [3.63, 3.8) is 0 Å². The summed E-state index contributed by atoms with van der Waals surface area (Å²) >= 11 is 0. The third-order valence-corrected chi connectivity index (χ3v) is 5.31. The fraction of sp³-hybridized carbons (Fsp3) is 0.556. The molecule has 0 aliphatic carbocycles. The summed E-state index contributed by atoms with van der Waals surface area (Å²) in [6, 6.07) is 1.50. The SMILES string of the molecule is O=C([C@@H]1CCCc2nn(Cc3ccnc(C(F)(F)F)c3)c(=O)n21)N1CC[C@H](F)C1. The lowest BCUT2D eigenvalue weighted by atomic mass is 10.0. The van der Waals surface area contributed by atoms with Crippen LogP contribution in [0.25, 0.3) is 0 Å². The van der Waals surface area contributed by atoms with E-state index in [0.717, 1.165) is 16.9 Å². The van der Waals surface area contributed by atoms with Gasteiger partial charge in [0.2, 0.25) is 5.91 Å². The van der Waals surface area contributed by atoms with Crippen LogP contribution in [-0.2, 0) is 23.9 Å². The van der Waals surface area contributed by atoms with Crippen molar-refractivity contribution in [2.45, 2.75) is 50.6 Å². The second kappa shape index (κ2) is 7.27. The van der Waals surface area contributed by atoms with Gasteiger partial charge >= 0.3 is 11.9 Å². The molecule has 156 valence electrons. The van der Waals surface area contributed by atoms with Crippen LogP contribution >= 0.6 is 0 Å². The van der Waals surface area contributed by atoms with E-state index in [-0.39, 0.29) is 31.0 Å². The second-order valence-electron chi connectivity index (χ2n) is 7.35. The number of aryl methyl sites for hydroxylation is 1. The number of halogens is 4. The minimum absolute atomic E-state index is 0.0186. The Hall–Kier alpha value is -2.72. The summed E-state index contributed by atoms with van der Waals surface area (Å²) in [5.74, 6) is 0.108. The van der Waals surface area contributed by atoms with Crippen LogP contribution in [-0.4, -0.2) is 49.4 Å². The summed E-state index contributed by atoms with van der Waals surface area (Å²) in [6.45, 7) is 0.165. The highest BCUT2D eigenvalue weighted by Crippen LogP contribution is 2.28. The van der Waals surface area contributed by atoms with Gasteiger partial charge in [0.25, 0.3) is 0 Å². The van der Waals surface area contributed by atoms with Crippen molar-refractivity contribution < 1.29 is 22.4 Å². The van der Waals surface area contributed by atoms with Crippen LogP contribution in [0.3, 0.4) is 0 Å². The summed E-state index contributed by atoms with van der Waals surface area (Å²) in [4.78, 5) is 30.4. The lowest BCUT2D eigenvalue weighted by molar-refractivity contribution is -0.141. The van der Waals surface area contributed by atoms with Crippen LogP contribution in [0.1, 0.15) is 42.4 Å². The highest BCUT2D eigenvalue weighted by molar-refractivity contribution is 5.81. The van der Waals surface area contributed by atoms with Crippen LogP contribution < -0.4 is 5.69 Å². The van der Waals surface area contributed by atoms with Gasteiger partial charge in [-0.05, 0) is 37.0 Å². The first-order valence-corrected chi connectivity index (χ1v) is 9.37. The molecule has 2 aliphatic heterocycles. The Kier molecular flexibility index (Phi) is 4.91. The maximum absolute atomic E-state index is 13.5. The first-order chi connectivity index (χ1) is 13.7. The van der Waals surface area contributed by atoms with E-state index in [1.165, 1.54) is 15.5 Å². The molecule has 2 aromatic heterocycles. The van der Waals surface area contributed by atoms with E-state index in [9.17, 15) is 27.2 Å². The number of hydrogen-bond donors (Lipinski definition) is 0. The lowest BCUT2D eigenvalue weighted by Crippen LogP contribution is -2.41. The van der Waals surface area contributed by atoms with Gasteiger partial charge in [-0.3, -0.25) is 14.3 Å². The van der Waals surface area contributed by atoms with Crippen LogP contribution in [0.15, 0.2) is 23.1 Å². The van der Waals surface area contributed by atoms with Gasteiger partial charge in [-0.15, -0.1) is 0 Å². The van der Waals surface area contributed by atoms with Gasteiger partial charge in [-0.25, -0.2) is 13.9 Å². The number of rotatable bonds is 3. The molecule has 0 N–H and O–H groups in total. The molecular weight excluding hydrogens is 394 g/mol. The van der Waals surface area contributed by atoms with E-state index in [2.05, 4.69) is 10.1 Å². The topological polar surface area (TPSA) is 73.0 Å². The largest absolute Gasteiger partial charge is 0.433 e. The Morgan fingerprint density at radius 1 is 1.28 bits per heavy atom. The molecule has 0 unspecified atom stereocenters. The summed E-state index contributed by atoms with van der Waals surface area (Å²) in [7, 11) is 0. The maximum Gasteiger partial charge on any atom is 0.433 e. The fourth-order valence-corrected chi connectivity index (χ4v) is 3.90. The standard InChI is InChI=1S/C18H19F4N5O2/c19-12-5-7-25(10-12)16(28)13-2-1-3-15-24-26(17(29)27(13)15)9-11-4-6-23-14(8-11)18(20,21)22/h4,6,8,12-13H,1-3,5,7,9-10H2/t12-,13-/m0/s1. The zero-order valence-electron chi connectivity index (χ0n) is 15.4. The highest BCUT2D eigenvalue weighted by Gasteiger charge is 2.36. The first-order valence-electron chi connectivity index (χ1n) is 9.37. The Morgan fingerprint density at radius 2 is 2.07 bits per heavy atom. The second-order valence-corrected chi connectivity index (χ2v) is 7.35. The van der Waals surface area contributed by atoms with Crippen LogP contribution in [0.2, 0.25) is 0 Å². The van der Waals surface area contributed by atoms with Crippen molar-refractivity contribution in [3.8, 4) is 0 Å². The molecule has 0 aromatic carbocycles. The normalized spacial score (nSPS) is 22.0. The van der Waals surface area contributed by atoms with Gasteiger partial charge < -0.3 is 4.90 Å². The molecule has 1 fully saturated rings. The number of carbonyl (C=O) groups excluding carboxylic acids is 1. The Labute approximate surface area is 162 Å². The molecular formula is C18H19F4N5O2. The first kappa shape index (κ1) is 19.6. The number of hydrogen-bond acceptors (Lipinski definition) is 4. The maximum atomic E-state index is 13.5. The van der Waals surface area contributed by atoms with Crippen molar-refractivity contribution in [2.24, 2.45) is 0 Å².